The Balaban J connectivity index is 1.34. The summed E-state index contributed by atoms with van der Waals surface area (Å²) in [5, 5.41) is 3.09. The van der Waals surface area contributed by atoms with E-state index in [-0.39, 0.29) is 24.6 Å². The zero-order valence-corrected chi connectivity index (χ0v) is 21.5. The minimum absolute atomic E-state index is 0.0144. The molecule has 0 spiro atoms. The number of nitrogens with one attached hydrogen (secondary N) is 1. The molecule has 2 atom stereocenters. The van der Waals surface area contributed by atoms with Crippen LogP contribution in [0.25, 0.3) is 11.2 Å². The van der Waals surface area contributed by atoms with Crippen LogP contribution in [0.5, 0.6) is 0 Å². The largest absolute Gasteiger partial charge is 0.444 e. The van der Waals surface area contributed by atoms with Crippen LogP contribution < -0.4 is 11.0 Å². The maximum atomic E-state index is 13.8. The van der Waals surface area contributed by atoms with Crippen molar-refractivity contribution in [2.75, 3.05) is 0 Å². The maximum absolute atomic E-state index is 13.8. The van der Waals surface area contributed by atoms with E-state index in [0.717, 1.165) is 30.5 Å². The van der Waals surface area contributed by atoms with Gasteiger partial charge in [-0.1, -0.05) is 25.2 Å². The number of hydrogen-bond donors (Lipinski definition) is 1. The van der Waals surface area contributed by atoms with Gasteiger partial charge in [0.2, 0.25) is 0 Å². The van der Waals surface area contributed by atoms with Gasteiger partial charge < -0.3 is 10.1 Å². The van der Waals surface area contributed by atoms with Gasteiger partial charge in [0.25, 0.3) is 5.92 Å². The maximum Gasteiger partial charge on any atom is 0.408 e. The summed E-state index contributed by atoms with van der Waals surface area (Å²) >= 11 is 0. The topological polar surface area (TPSA) is 78.2 Å². The summed E-state index contributed by atoms with van der Waals surface area (Å²) in [6.45, 7) is 7.03. The van der Waals surface area contributed by atoms with Gasteiger partial charge in [0, 0.05) is 25.9 Å². The smallest absolute Gasteiger partial charge is 0.408 e. The predicted octanol–water partition coefficient (Wildman–Crippen LogP) is 5.20. The highest BCUT2D eigenvalue weighted by Crippen LogP contribution is 2.61. The van der Waals surface area contributed by atoms with Crippen molar-refractivity contribution in [2.24, 2.45) is 12.5 Å². The zero-order chi connectivity index (χ0) is 26.1. The molecule has 36 heavy (non-hydrogen) atoms. The van der Waals surface area contributed by atoms with E-state index >= 15 is 0 Å². The number of amides is 1. The Hall–Kier alpha value is -2.97. The standard InChI is InChI=1S/C27H34F2N4O3/c1-24(2,3)36-22(34)31-26(13-6-14-26)18-9-7-17(8-10-18)19-11-12-20-21(30-19)32(5)23(35)33(20)16-25(4)15-27(25,28)29/h7,9-12,17H,6,8,13-16H2,1-5H3,(H,31,34). The Kier molecular flexibility index (Phi) is 5.50. The summed E-state index contributed by atoms with van der Waals surface area (Å²) < 4.78 is 36.0. The average Bonchev–Trinajstić information content (AvgIpc) is 3.19. The molecule has 0 radical (unpaired) electrons. The summed E-state index contributed by atoms with van der Waals surface area (Å²) in [6, 6.07) is 3.69. The summed E-state index contributed by atoms with van der Waals surface area (Å²) in [4.78, 5) is 30.0. The third kappa shape index (κ3) is 4.16. The lowest BCUT2D eigenvalue weighted by atomic mass is 9.69. The third-order valence-electron chi connectivity index (χ3n) is 7.86. The van der Waals surface area contributed by atoms with Crippen molar-refractivity contribution in [2.45, 2.75) is 89.3 Å². The number of fused-ring (bicyclic) bond motifs is 1. The second kappa shape index (κ2) is 8.02. The van der Waals surface area contributed by atoms with Crippen LogP contribution in [0.1, 0.15) is 71.4 Å². The molecule has 2 aromatic rings. The summed E-state index contributed by atoms with van der Waals surface area (Å²) in [5.74, 6) is -2.73. The first-order chi connectivity index (χ1) is 16.7. The van der Waals surface area contributed by atoms with Crippen LogP contribution in [0.15, 0.2) is 40.7 Å². The number of alkyl carbamates (subject to hydrolysis) is 1. The molecule has 0 saturated heterocycles. The van der Waals surface area contributed by atoms with Crippen LogP contribution in [-0.2, 0) is 18.3 Å². The van der Waals surface area contributed by atoms with Gasteiger partial charge in [0.1, 0.15) is 5.60 Å². The number of aryl methyl sites for hydroxylation is 1. The van der Waals surface area contributed by atoms with Crippen molar-refractivity contribution in [1.82, 2.24) is 19.4 Å². The quantitative estimate of drug-likeness (QED) is 0.612. The molecule has 194 valence electrons. The minimum atomic E-state index is -2.74. The molecule has 3 aliphatic carbocycles. The van der Waals surface area contributed by atoms with Gasteiger partial charge in [-0.25, -0.2) is 23.4 Å². The number of hydrogen-bond acceptors (Lipinski definition) is 4. The lowest BCUT2D eigenvalue weighted by Crippen LogP contribution is -2.55. The minimum Gasteiger partial charge on any atom is -0.444 e. The predicted molar refractivity (Wildman–Crippen MR) is 133 cm³/mol. The van der Waals surface area contributed by atoms with E-state index in [0.29, 0.717) is 17.6 Å². The Labute approximate surface area is 209 Å². The summed E-state index contributed by atoms with van der Waals surface area (Å²) in [7, 11) is 1.63. The number of rotatable bonds is 5. The number of aromatic nitrogens is 3. The fraction of sp³-hybridized carbons (Fsp3) is 0.593. The highest BCUT2D eigenvalue weighted by atomic mass is 19.3. The zero-order valence-electron chi connectivity index (χ0n) is 21.5. The molecule has 2 fully saturated rings. The number of alkyl halides is 2. The molecule has 3 aliphatic rings. The number of halogens is 2. The molecule has 1 amide bonds. The molecule has 0 aliphatic heterocycles. The number of carbonyl (C=O) groups excluding carboxylic acids is 1. The van der Waals surface area contributed by atoms with E-state index in [1.165, 1.54) is 16.1 Å². The molecule has 2 heterocycles. The van der Waals surface area contributed by atoms with Crippen LogP contribution in [-0.4, -0.2) is 37.3 Å². The van der Waals surface area contributed by atoms with Gasteiger partial charge in [-0.05, 0) is 64.2 Å². The highest BCUT2D eigenvalue weighted by molar-refractivity contribution is 5.72. The van der Waals surface area contributed by atoms with Crippen LogP contribution >= 0.6 is 0 Å². The van der Waals surface area contributed by atoms with Gasteiger partial charge in [-0.15, -0.1) is 0 Å². The molecule has 2 saturated carbocycles. The molecule has 7 nitrogen and oxygen atoms in total. The highest BCUT2D eigenvalue weighted by Gasteiger charge is 2.68. The van der Waals surface area contributed by atoms with Crippen molar-refractivity contribution in [1.29, 1.82) is 0 Å². The van der Waals surface area contributed by atoms with E-state index < -0.39 is 28.6 Å². The van der Waals surface area contributed by atoms with Gasteiger partial charge >= 0.3 is 11.8 Å². The average molecular weight is 501 g/mol. The van der Waals surface area contributed by atoms with Crippen molar-refractivity contribution in [3.8, 4) is 0 Å². The van der Waals surface area contributed by atoms with Gasteiger partial charge in [-0.2, -0.15) is 0 Å². The molecule has 2 unspecified atom stereocenters. The van der Waals surface area contributed by atoms with E-state index in [9.17, 15) is 18.4 Å². The summed E-state index contributed by atoms with van der Waals surface area (Å²) in [6.07, 6.45) is 9.15. The third-order valence-corrected chi connectivity index (χ3v) is 7.86. The van der Waals surface area contributed by atoms with E-state index in [1.807, 2.05) is 32.9 Å². The van der Waals surface area contributed by atoms with Crippen molar-refractivity contribution >= 4 is 17.3 Å². The number of carbonyl (C=O) groups is 1. The molecular weight excluding hydrogens is 466 g/mol. The monoisotopic (exact) mass is 500 g/mol. The van der Waals surface area contributed by atoms with Crippen molar-refractivity contribution in [3.63, 3.8) is 0 Å². The molecule has 9 heteroatoms. The van der Waals surface area contributed by atoms with Crippen LogP contribution in [0.4, 0.5) is 13.6 Å². The molecular formula is C27H34F2N4O3. The van der Waals surface area contributed by atoms with Crippen molar-refractivity contribution < 1.29 is 18.3 Å². The van der Waals surface area contributed by atoms with E-state index in [1.54, 1.807) is 7.05 Å². The molecule has 2 aromatic heterocycles. The lowest BCUT2D eigenvalue weighted by molar-refractivity contribution is 0.0424. The Morgan fingerprint density at radius 2 is 1.97 bits per heavy atom. The lowest BCUT2D eigenvalue weighted by Gasteiger charge is -2.44. The number of nitrogens with zero attached hydrogens (tertiary/aromatic N) is 3. The SMILES string of the molecule is Cn1c(=O)n(CC2(C)CC2(F)F)c2ccc(C3C=CC(C4(NC(=O)OC(C)(C)C)CCC4)=CC3)nc21. The number of ether oxygens (including phenoxy) is 1. The first-order valence-corrected chi connectivity index (χ1v) is 12.6. The van der Waals surface area contributed by atoms with Crippen LogP contribution in [0.3, 0.4) is 0 Å². The van der Waals surface area contributed by atoms with Crippen LogP contribution in [0.2, 0.25) is 0 Å². The fourth-order valence-electron chi connectivity index (χ4n) is 5.32. The molecule has 1 N–H and O–H groups in total. The second-order valence-corrected chi connectivity index (χ2v) is 11.9. The van der Waals surface area contributed by atoms with E-state index in [2.05, 4.69) is 23.5 Å². The second-order valence-electron chi connectivity index (χ2n) is 11.9. The number of imidazole rings is 1. The first kappa shape index (κ1) is 24.7. The normalized spacial score (nSPS) is 26.3. The summed E-state index contributed by atoms with van der Waals surface area (Å²) in [5.41, 5.74) is 0.473. The van der Waals surface area contributed by atoms with E-state index in [4.69, 9.17) is 9.72 Å². The number of allylic oxidation sites excluding steroid dienone is 2. The number of pyridine rings is 1. The first-order valence-electron chi connectivity index (χ1n) is 12.6. The Bertz CT molecular complexity index is 1340. The fourth-order valence-corrected chi connectivity index (χ4v) is 5.32. The van der Waals surface area contributed by atoms with Crippen molar-refractivity contribution in [3.05, 3.63) is 52.1 Å². The molecule has 0 bridgehead atoms. The molecule has 5 rings (SSSR count). The Morgan fingerprint density at radius 1 is 1.28 bits per heavy atom. The van der Waals surface area contributed by atoms with Crippen LogP contribution in [0, 0.1) is 5.41 Å². The van der Waals surface area contributed by atoms with Gasteiger partial charge in [0.05, 0.1) is 22.2 Å². The van der Waals surface area contributed by atoms with Gasteiger partial charge in [0.15, 0.2) is 5.65 Å². The Morgan fingerprint density at radius 3 is 2.50 bits per heavy atom. The molecule has 0 aromatic carbocycles. The van der Waals surface area contributed by atoms with Gasteiger partial charge in [-0.3, -0.25) is 9.13 Å².